The van der Waals surface area contributed by atoms with Gasteiger partial charge in [-0.15, -0.1) is 0 Å². The lowest BCUT2D eigenvalue weighted by molar-refractivity contribution is 0.282. The summed E-state index contributed by atoms with van der Waals surface area (Å²) in [5.41, 5.74) is -0.148. The number of hydrogen-bond donors (Lipinski definition) is 2. The first-order valence-corrected chi connectivity index (χ1v) is 6.96. The van der Waals surface area contributed by atoms with Gasteiger partial charge in [0.25, 0.3) is 5.56 Å². The molecule has 1 aliphatic rings. The van der Waals surface area contributed by atoms with Crippen molar-refractivity contribution in [2.45, 2.75) is 25.7 Å². The van der Waals surface area contributed by atoms with Gasteiger partial charge in [0.2, 0.25) is 0 Å². The van der Waals surface area contributed by atoms with Crippen molar-refractivity contribution < 1.29 is 5.11 Å². The molecule has 0 aromatic carbocycles. The third-order valence-corrected chi connectivity index (χ3v) is 3.67. The van der Waals surface area contributed by atoms with E-state index in [-0.39, 0.29) is 17.9 Å². The molecule has 0 unspecified atom stereocenters. The number of H-pyrrole nitrogens is 1. The Morgan fingerprint density at radius 1 is 1.15 bits per heavy atom. The van der Waals surface area contributed by atoms with Gasteiger partial charge in [-0.3, -0.25) is 14.3 Å². The highest BCUT2D eigenvalue weighted by atomic mass is 16.3. The first kappa shape index (κ1) is 14.6. The van der Waals surface area contributed by atoms with Crippen LogP contribution in [0.1, 0.15) is 25.7 Å². The van der Waals surface area contributed by atoms with Gasteiger partial charge >= 0.3 is 5.69 Å². The Morgan fingerprint density at radius 3 is 2.55 bits per heavy atom. The molecule has 0 saturated heterocycles. The molecular formula is C13H22N4O3. The van der Waals surface area contributed by atoms with Crippen LogP contribution >= 0.6 is 0 Å². The van der Waals surface area contributed by atoms with Crippen molar-refractivity contribution in [1.29, 1.82) is 0 Å². The highest BCUT2D eigenvalue weighted by molar-refractivity contribution is 5.71. The van der Waals surface area contributed by atoms with Crippen molar-refractivity contribution in [2.24, 2.45) is 7.05 Å². The van der Waals surface area contributed by atoms with Crippen molar-refractivity contribution >= 4 is 11.5 Å². The zero-order valence-electron chi connectivity index (χ0n) is 12.1. The monoisotopic (exact) mass is 282 g/mol. The molecule has 1 aromatic heterocycles. The van der Waals surface area contributed by atoms with Crippen molar-refractivity contribution in [3.8, 4) is 0 Å². The maximum absolute atomic E-state index is 11.9. The number of hydrogen-bond acceptors (Lipinski definition) is 5. The summed E-state index contributed by atoms with van der Waals surface area (Å²) in [6.07, 6.45) is 3.84. The minimum absolute atomic E-state index is 0.235. The summed E-state index contributed by atoms with van der Waals surface area (Å²) in [4.78, 5) is 29.8. The van der Waals surface area contributed by atoms with E-state index in [4.69, 9.17) is 5.11 Å². The highest BCUT2D eigenvalue weighted by Crippen LogP contribution is 2.29. The van der Waals surface area contributed by atoms with Crippen LogP contribution in [0.5, 0.6) is 0 Å². The SMILES string of the molecule is CN1CN(CCCCCCO)c2c1c(=O)[nH]c(=O)n2C. The van der Waals surface area contributed by atoms with E-state index in [1.807, 2.05) is 11.9 Å². The molecule has 112 valence electrons. The van der Waals surface area contributed by atoms with E-state index in [0.29, 0.717) is 18.2 Å². The molecule has 1 aromatic rings. The number of aliphatic hydroxyl groups excluding tert-OH is 1. The fraction of sp³-hybridized carbons (Fsp3) is 0.692. The van der Waals surface area contributed by atoms with Gasteiger partial charge in [-0.1, -0.05) is 12.8 Å². The second-order valence-corrected chi connectivity index (χ2v) is 5.23. The number of aliphatic hydroxyl groups is 1. The predicted molar refractivity (Wildman–Crippen MR) is 78.5 cm³/mol. The van der Waals surface area contributed by atoms with E-state index >= 15 is 0 Å². The zero-order chi connectivity index (χ0) is 14.7. The average Bonchev–Trinajstić information content (AvgIpc) is 2.73. The Morgan fingerprint density at radius 2 is 1.85 bits per heavy atom. The molecule has 0 spiro atoms. The summed E-state index contributed by atoms with van der Waals surface area (Å²) in [6.45, 7) is 1.66. The van der Waals surface area contributed by atoms with Gasteiger partial charge in [0.1, 0.15) is 11.5 Å². The number of rotatable bonds is 6. The molecule has 0 bridgehead atoms. The summed E-state index contributed by atoms with van der Waals surface area (Å²) in [6, 6.07) is 0. The molecule has 0 radical (unpaired) electrons. The maximum Gasteiger partial charge on any atom is 0.329 e. The van der Waals surface area contributed by atoms with E-state index in [1.165, 1.54) is 4.57 Å². The predicted octanol–water partition coefficient (Wildman–Crippen LogP) is -0.160. The number of anilines is 2. The van der Waals surface area contributed by atoms with E-state index in [0.717, 1.165) is 32.2 Å². The van der Waals surface area contributed by atoms with E-state index in [2.05, 4.69) is 9.88 Å². The molecule has 20 heavy (non-hydrogen) atoms. The minimum Gasteiger partial charge on any atom is -0.396 e. The van der Waals surface area contributed by atoms with Crippen LogP contribution < -0.4 is 21.0 Å². The van der Waals surface area contributed by atoms with Gasteiger partial charge in [-0.25, -0.2) is 4.79 Å². The van der Waals surface area contributed by atoms with Gasteiger partial charge in [-0.05, 0) is 12.8 Å². The molecule has 2 N–H and O–H groups in total. The fourth-order valence-corrected chi connectivity index (χ4v) is 2.64. The normalized spacial score (nSPS) is 13.9. The molecule has 0 fully saturated rings. The van der Waals surface area contributed by atoms with Crippen LogP contribution in [0.2, 0.25) is 0 Å². The van der Waals surface area contributed by atoms with Crippen LogP contribution in [-0.2, 0) is 7.05 Å². The van der Waals surface area contributed by atoms with Crippen LogP contribution in [0.4, 0.5) is 11.5 Å². The number of nitrogens with one attached hydrogen (secondary N) is 1. The lowest BCUT2D eigenvalue weighted by atomic mass is 10.2. The molecule has 0 amide bonds. The molecule has 0 saturated carbocycles. The second-order valence-electron chi connectivity index (χ2n) is 5.23. The molecular weight excluding hydrogens is 260 g/mol. The van der Waals surface area contributed by atoms with Crippen molar-refractivity contribution in [1.82, 2.24) is 9.55 Å². The standard InChI is InChI=1S/C13H22N4O3/c1-15-9-17(7-5-3-4-6-8-18)12-10(15)11(19)14-13(20)16(12)2/h18H,3-9H2,1-2H3,(H,14,19,20). The Balaban J connectivity index is 2.13. The van der Waals surface area contributed by atoms with Crippen LogP contribution in [0, 0.1) is 0 Å². The number of aromatic amines is 1. The van der Waals surface area contributed by atoms with E-state index < -0.39 is 0 Å². The molecule has 7 heteroatoms. The van der Waals surface area contributed by atoms with Gasteiger partial charge in [0, 0.05) is 27.2 Å². The summed E-state index contributed by atoms with van der Waals surface area (Å²) >= 11 is 0. The number of aromatic nitrogens is 2. The van der Waals surface area contributed by atoms with Crippen molar-refractivity contribution in [2.75, 3.05) is 36.7 Å². The lowest BCUT2D eigenvalue weighted by Crippen LogP contribution is -2.32. The largest absolute Gasteiger partial charge is 0.396 e. The third kappa shape index (κ3) is 2.72. The molecule has 1 aliphatic heterocycles. The topological polar surface area (TPSA) is 81.6 Å². The van der Waals surface area contributed by atoms with Crippen LogP contribution in [0.25, 0.3) is 0 Å². The Bertz CT molecular complexity index is 578. The summed E-state index contributed by atoms with van der Waals surface area (Å²) in [7, 11) is 3.53. The fourth-order valence-electron chi connectivity index (χ4n) is 2.64. The first-order chi connectivity index (χ1) is 9.56. The average molecular weight is 282 g/mol. The number of nitrogens with zero attached hydrogens (tertiary/aromatic N) is 3. The van der Waals surface area contributed by atoms with Crippen LogP contribution in [0.15, 0.2) is 9.59 Å². The zero-order valence-corrected chi connectivity index (χ0v) is 12.1. The van der Waals surface area contributed by atoms with E-state index in [1.54, 1.807) is 7.05 Å². The smallest absolute Gasteiger partial charge is 0.329 e. The summed E-state index contributed by atoms with van der Waals surface area (Å²) < 4.78 is 1.49. The molecule has 2 heterocycles. The Kier molecular flexibility index (Phi) is 4.49. The molecule has 0 atom stereocenters. The Hall–Kier alpha value is -1.76. The minimum atomic E-state index is -0.380. The van der Waals surface area contributed by atoms with Gasteiger partial charge in [0.05, 0.1) is 6.67 Å². The summed E-state index contributed by atoms with van der Waals surface area (Å²) in [5, 5.41) is 8.75. The lowest BCUT2D eigenvalue weighted by Gasteiger charge is -2.20. The first-order valence-electron chi connectivity index (χ1n) is 6.96. The maximum atomic E-state index is 11.9. The van der Waals surface area contributed by atoms with Crippen LogP contribution in [0.3, 0.4) is 0 Å². The molecule has 7 nitrogen and oxygen atoms in total. The van der Waals surface area contributed by atoms with Crippen LogP contribution in [-0.4, -0.2) is 41.5 Å². The summed E-state index contributed by atoms with van der Waals surface area (Å²) in [5.74, 6) is 0.698. The second kappa shape index (κ2) is 6.13. The van der Waals surface area contributed by atoms with Crippen molar-refractivity contribution in [3.63, 3.8) is 0 Å². The van der Waals surface area contributed by atoms with Gasteiger partial charge < -0.3 is 14.9 Å². The van der Waals surface area contributed by atoms with Crippen molar-refractivity contribution in [3.05, 3.63) is 20.8 Å². The third-order valence-electron chi connectivity index (χ3n) is 3.67. The molecule has 0 aliphatic carbocycles. The Labute approximate surface area is 117 Å². The quantitative estimate of drug-likeness (QED) is 0.709. The highest BCUT2D eigenvalue weighted by Gasteiger charge is 2.28. The van der Waals surface area contributed by atoms with E-state index in [9.17, 15) is 9.59 Å². The molecule has 2 rings (SSSR count). The van der Waals surface area contributed by atoms with Gasteiger partial charge in [-0.2, -0.15) is 0 Å². The number of fused-ring (bicyclic) bond motifs is 1. The van der Waals surface area contributed by atoms with Gasteiger partial charge in [0.15, 0.2) is 0 Å². The number of unbranched alkanes of at least 4 members (excludes halogenated alkanes) is 3.